The van der Waals surface area contributed by atoms with E-state index in [1.165, 1.54) is 0 Å². The van der Waals surface area contributed by atoms with Gasteiger partial charge in [-0.3, -0.25) is 9.59 Å². The molecule has 1 unspecified atom stereocenters. The van der Waals surface area contributed by atoms with Gasteiger partial charge in [-0.05, 0) is 37.0 Å². The van der Waals surface area contributed by atoms with Crippen molar-refractivity contribution in [2.45, 2.75) is 26.2 Å². The normalized spacial score (nSPS) is 22.3. The van der Waals surface area contributed by atoms with Crippen molar-refractivity contribution < 1.29 is 14.4 Å². The second-order valence-corrected chi connectivity index (χ2v) is 5.09. The van der Waals surface area contributed by atoms with E-state index in [0.29, 0.717) is 22.8 Å². The zero-order valence-corrected chi connectivity index (χ0v) is 10.8. The molecule has 0 N–H and O–H groups in total. The third-order valence-electron chi connectivity index (χ3n) is 3.60. The van der Waals surface area contributed by atoms with Crippen LogP contribution in [-0.4, -0.2) is 16.9 Å². The van der Waals surface area contributed by atoms with E-state index in [9.17, 15) is 9.59 Å². The van der Waals surface area contributed by atoms with Crippen LogP contribution in [0.25, 0.3) is 0 Å². The molecule has 0 spiro atoms. The second kappa shape index (κ2) is 4.53. The summed E-state index contributed by atoms with van der Waals surface area (Å²) in [6.45, 7) is 2.18. The van der Waals surface area contributed by atoms with Crippen LogP contribution in [0.3, 0.4) is 0 Å². The number of amides is 2. The summed E-state index contributed by atoms with van der Waals surface area (Å²) < 4.78 is 0. The zero-order valence-electron chi connectivity index (χ0n) is 10.8. The summed E-state index contributed by atoms with van der Waals surface area (Å²) in [5.41, 5.74) is 0.828. The molecule has 2 amide bonds. The third kappa shape index (κ3) is 2.03. The molecule has 1 aliphatic heterocycles. The Hall–Kier alpha value is -2.10. The number of hydrogen-bond donors (Lipinski definition) is 0. The molecule has 4 heteroatoms. The lowest BCUT2D eigenvalue weighted by Crippen LogP contribution is -2.30. The van der Waals surface area contributed by atoms with Crippen LogP contribution < -0.4 is 0 Å². The Morgan fingerprint density at radius 3 is 2.32 bits per heavy atom. The quantitative estimate of drug-likeness (QED) is 0.765. The molecule has 1 aliphatic carbocycles. The molecule has 1 aromatic rings. The molecule has 19 heavy (non-hydrogen) atoms. The SMILES string of the molecule is CC1CC=C(ON2C(=O)c3ccccc3C2=O)CC1. The van der Waals surface area contributed by atoms with Crippen LogP contribution >= 0.6 is 0 Å². The minimum atomic E-state index is -0.375. The van der Waals surface area contributed by atoms with Crippen molar-refractivity contribution in [3.63, 3.8) is 0 Å². The molecule has 4 nitrogen and oxygen atoms in total. The van der Waals surface area contributed by atoms with Crippen molar-refractivity contribution in [1.82, 2.24) is 5.06 Å². The van der Waals surface area contributed by atoms with Gasteiger partial charge in [-0.25, -0.2) is 0 Å². The first-order valence-electron chi connectivity index (χ1n) is 6.51. The molecular weight excluding hydrogens is 242 g/mol. The molecule has 0 bridgehead atoms. The van der Waals surface area contributed by atoms with E-state index in [2.05, 4.69) is 6.92 Å². The molecular formula is C15H15NO3. The lowest BCUT2D eigenvalue weighted by Gasteiger charge is -2.21. The van der Waals surface area contributed by atoms with Gasteiger partial charge in [0.25, 0.3) is 11.8 Å². The number of rotatable bonds is 2. The van der Waals surface area contributed by atoms with E-state index in [1.54, 1.807) is 24.3 Å². The summed E-state index contributed by atoms with van der Waals surface area (Å²) in [5, 5.41) is 0.881. The Morgan fingerprint density at radius 1 is 1.16 bits per heavy atom. The van der Waals surface area contributed by atoms with Gasteiger partial charge in [-0.15, -0.1) is 0 Å². The summed E-state index contributed by atoms with van der Waals surface area (Å²) in [5.74, 6) is 0.599. The lowest BCUT2D eigenvalue weighted by molar-refractivity contribution is -0.0608. The van der Waals surface area contributed by atoms with Crippen LogP contribution in [-0.2, 0) is 4.84 Å². The number of hydrogen-bond acceptors (Lipinski definition) is 3. The standard InChI is InChI=1S/C15H15NO3/c1-10-6-8-11(9-7-10)19-16-14(17)12-4-2-3-5-13(12)15(16)18/h2-5,8,10H,6-7,9H2,1H3. The maximum Gasteiger partial charge on any atom is 0.295 e. The van der Waals surface area contributed by atoms with E-state index in [1.807, 2.05) is 6.08 Å². The number of carbonyl (C=O) groups is 2. The topological polar surface area (TPSA) is 46.6 Å². The largest absolute Gasteiger partial charge is 0.373 e. The monoisotopic (exact) mass is 257 g/mol. The summed E-state index contributed by atoms with van der Waals surface area (Å²) in [4.78, 5) is 29.7. The average Bonchev–Trinajstić information content (AvgIpc) is 2.67. The third-order valence-corrected chi connectivity index (χ3v) is 3.60. The van der Waals surface area contributed by atoms with Gasteiger partial charge >= 0.3 is 0 Å². The van der Waals surface area contributed by atoms with Crippen LogP contribution in [0.4, 0.5) is 0 Å². The molecule has 3 rings (SSSR count). The fraction of sp³-hybridized carbons (Fsp3) is 0.333. The van der Waals surface area contributed by atoms with Gasteiger partial charge < -0.3 is 4.84 Å². The molecule has 1 atom stereocenters. The summed E-state index contributed by atoms with van der Waals surface area (Å²) in [6.07, 6.45) is 4.69. The maximum absolute atomic E-state index is 12.1. The number of hydroxylamine groups is 2. The molecule has 0 saturated heterocycles. The van der Waals surface area contributed by atoms with E-state index < -0.39 is 0 Å². The summed E-state index contributed by atoms with van der Waals surface area (Å²) in [6, 6.07) is 6.79. The Labute approximate surface area is 111 Å². The van der Waals surface area contributed by atoms with Crippen LogP contribution in [0.1, 0.15) is 46.9 Å². The molecule has 1 aromatic carbocycles. The number of imide groups is 1. The highest BCUT2D eigenvalue weighted by atomic mass is 16.7. The fourth-order valence-electron chi connectivity index (χ4n) is 2.39. The maximum atomic E-state index is 12.1. The lowest BCUT2D eigenvalue weighted by atomic mass is 9.95. The van der Waals surface area contributed by atoms with Crippen LogP contribution in [0.15, 0.2) is 36.1 Å². The van der Waals surface area contributed by atoms with E-state index in [0.717, 1.165) is 24.3 Å². The Bertz CT molecular complexity index is 542. The molecule has 0 radical (unpaired) electrons. The minimum Gasteiger partial charge on any atom is -0.373 e. The average molecular weight is 257 g/mol. The number of benzene rings is 1. The number of allylic oxidation sites excluding steroid dienone is 2. The Morgan fingerprint density at radius 2 is 1.79 bits per heavy atom. The predicted octanol–water partition coefficient (Wildman–Crippen LogP) is 2.92. The van der Waals surface area contributed by atoms with Crippen LogP contribution in [0, 0.1) is 5.92 Å². The van der Waals surface area contributed by atoms with E-state index in [4.69, 9.17) is 4.84 Å². The highest BCUT2D eigenvalue weighted by Crippen LogP contribution is 2.28. The van der Waals surface area contributed by atoms with Gasteiger partial charge in [-0.2, -0.15) is 0 Å². The van der Waals surface area contributed by atoms with Gasteiger partial charge in [0.2, 0.25) is 0 Å². The van der Waals surface area contributed by atoms with Gasteiger partial charge in [-0.1, -0.05) is 24.1 Å². The van der Waals surface area contributed by atoms with E-state index in [-0.39, 0.29) is 11.8 Å². The number of nitrogens with zero attached hydrogens (tertiary/aromatic N) is 1. The summed E-state index contributed by atoms with van der Waals surface area (Å²) >= 11 is 0. The smallest absolute Gasteiger partial charge is 0.295 e. The highest BCUT2D eigenvalue weighted by Gasteiger charge is 2.37. The van der Waals surface area contributed by atoms with Crippen LogP contribution in [0.2, 0.25) is 0 Å². The van der Waals surface area contributed by atoms with Crippen molar-refractivity contribution in [2.24, 2.45) is 5.92 Å². The molecule has 98 valence electrons. The Balaban J connectivity index is 1.81. The highest BCUT2D eigenvalue weighted by molar-refractivity contribution is 6.20. The van der Waals surface area contributed by atoms with Gasteiger partial charge in [0.15, 0.2) is 0 Å². The predicted molar refractivity (Wildman–Crippen MR) is 69.1 cm³/mol. The summed E-state index contributed by atoms with van der Waals surface area (Å²) in [7, 11) is 0. The molecule has 1 heterocycles. The Kier molecular flexibility index (Phi) is 2.85. The van der Waals surface area contributed by atoms with Crippen molar-refractivity contribution in [3.05, 3.63) is 47.2 Å². The first-order chi connectivity index (χ1) is 9.16. The second-order valence-electron chi connectivity index (χ2n) is 5.09. The van der Waals surface area contributed by atoms with Crippen molar-refractivity contribution >= 4 is 11.8 Å². The van der Waals surface area contributed by atoms with Gasteiger partial charge in [0.05, 0.1) is 11.1 Å². The fourth-order valence-corrected chi connectivity index (χ4v) is 2.39. The van der Waals surface area contributed by atoms with Gasteiger partial charge in [0, 0.05) is 6.42 Å². The van der Waals surface area contributed by atoms with E-state index >= 15 is 0 Å². The zero-order chi connectivity index (χ0) is 13.4. The van der Waals surface area contributed by atoms with Crippen molar-refractivity contribution in [2.75, 3.05) is 0 Å². The molecule has 0 saturated carbocycles. The molecule has 0 fully saturated rings. The molecule has 0 aromatic heterocycles. The van der Waals surface area contributed by atoms with Crippen molar-refractivity contribution in [3.8, 4) is 0 Å². The molecule has 2 aliphatic rings. The first kappa shape index (κ1) is 12.0. The van der Waals surface area contributed by atoms with Crippen molar-refractivity contribution in [1.29, 1.82) is 0 Å². The first-order valence-corrected chi connectivity index (χ1v) is 6.51. The minimum absolute atomic E-state index is 0.375. The van der Waals surface area contributed by atoms with Crippen LogP contribution in [0.5, 0.6) is 0 Å². The number of fused-ring (bicyclic) bond motifs is 1. The number of carbonyl (C=O) groups excluding carboxylic acids is 2. The van der Waals surface area contributed by atoms with Gasteiger partial charge in [0.1, 0.15) is 5.76 Å².